The molecule has 0 spiro atoms. The fourth-order valence-electron chi connectivity index (χ4n) is 1.67. The third kappa shape index (κ3) is 5.49. The van der Waals surface area contributed by atoms with E-state index in [1.807, 2.05) is 13.0 Å². The number of carbonyl (C=O) groups is 2. The molecule has 0 fully saturated rings. The number of hydrogen-bond acceptors (Lipinski definition) is 5. The average molecular weight is 287 g/mol. The number of rotatable bonds is 6. The van der Waals surface area contributed by atoms with Crippen LogP contribution in [-0.2, 0) is 19.1 Å². The van der Waals surface area contributed by atoms with Crippen LogP contribution in [0.5, 0.6) is 0 Å². The fraction of sp³-hybridized carbons (Fsp3) is 0.312. The number of benzene rings is 1. The van der Waals surface area contributed by atoms with E-state index in [1.54, 1.807) is 30.3 Å². The monoisotopic (exact) mass is 287 g/mol. The van der Waals surface area contributed by atoms with Gasteiger partial charge < -0.3 is 9.47 Å². The minimum Gasteiger partial charge on any atom is -0.455 e. The number of hydrogen-bond donors (Lipinski definition) is 0. The quantitative estimate of drug-likeness (QED) is 0.594. The molecule has 0 unspecified atom stereocenters. The van der Waals surface area contributed by atoms with Gasteiger partial charge in [0.1, 0.15) is 6.10 Å². The molecule has 110 valence electrons. The third-order valence-electron chi connectivity index (χ3n) is 2.66. The van der Waals surface area contributed by atoms with Gasteiger partial charge in [-0.25, -0.2) is 4.79 Å². The van der Waals surface area contributed by atoms with Crippen LogP contribution in [0.1, 0.15) is 31.9 Å². The minimum atomic E-state index is -1.10. The Morgan fingerprint density at radius 2 is 1.95 bits per heavy atom. The summed E-state index contributed by atoms with van der Waals surface area (Å²) in [4.78, 5) is 23.4. The van der Waals surface area contributed by atoms with Crippen LogP contribution in [0.15, 0.2) is 42.5 Å². The van der Waals surface area contributed by atoms with E-state index in [1.165, 1.54) is 19.1 Å². The van der Waals surface area contributed by atoms with Crippen molar-refractivity contribution in [2.75, 3.05) is 0 Å². The van der Waals surface area contributed by atoms with Crippen LogP contribution in [0.3, 0.4) is 0 Å². The van der Waals surface area contributed by atoms with Crippen molar-refractivity contribution < 1.29 is 19.1 Å². The summed E-state index contributed by atoms with van der Waals surface area (Å²) < 4.78 is 10.3. The van der Waals surface area contributed by atoms with Gasteiger partial charge >= 0.3 is 11.9 Å². The van der Waals surface area contributed by atoms with E-state index in [0.717, 1.165) is 0 Å². The molecule has 0 amide bonds. The Morgan fingerprint density at radius 1 is 1.29 bits per heavy atom. The lowest BCUT2D eigenvalue weighted by molar-refractivity contribution is -0.169. The summed E-state index contributed by atoms with van der Waals surface area (Å²) in [6.45, 7) is 3.05. The molecule has 0 saturated carbocycles. The maximum Gasteiger partial charge on any atom is 0.352 e. The van der Waals surface area contributed by atoms with Crippen molar-refractivity contribution in [3.63, 3.8) is 0 Å². The number of nitriles is 1. The molecule has 0 saturated heterocycles. The second kappa shape index (κ2) is 8.54. The molecule has 0 heterocycles. The highest BCUT2D eigenvalue weighted by Gasteiger charge is 2.26. The summed E-state index contributed by atoms with van der Waals surface area (Å²) >= 11 is 0. The van der Waals surface area contributed by atoms with Gasteiger partial charge in [-0.3, -0.25) is 4.79 Å². The van der Waals surface area contributed by atoms with Gasteiger partial charge in [0, 0.05) is 18.6 Å². The van der Waals surface area contributed by atoms with Crippen molar-refractivity contribution in [3.05, 3.63) is 48.0 Å². The lowest BCUT2D eigenvalue weighted by Crippen LogP contribution is -2.25. The zero-order valence-electron chi connectivity index (χ0n) is 12.0. The molecule has 0 aliphatic rings. The second-order valence-corrected chi connectivity index (χ2v) is 4.27. The van der Waals surface area contributed by atoms with E-state index < -0.39 is 24.1 Å². The standard InChI is InChI=1S/C16H17NO4/c1-3-14(10-7-11-17)21-16(19)15(20-12(2)18)13-8-5-4-6-9-13/h4-10,14-15H,3H2,1-2H3/b10-7+/t14-,15-/m0/s1. The number of esters is 2. The Kier molecular flexibility index (Phi) is 6.69. The van der Waals surface area contributed by atoms with Gasteiger partial charge in [0.25, 0.3) is 0 Å². The molecule has 1 rings (SSSR count). The molecule has 0 radical (unpaired) electrons. The fourth-order valence-corrected chi connectivity index (χ4v) is 1.67. The van der Waals surface area contributed by atoms with Crippen LogP contribution in [-0.4, -0.2) is 18.0 Å². The molecule has 5 heteroatoms. The van der Waals surface area contributed by atoms with Crippen molar-refractivity contribution in [2.24, 2.45) is 0 Å². The molecule has 2 atom stereocenters. The molecule has 0 aliphatic carbocycles. The number of ether oxygens (including phenoxy) is 2. The molecular formula is C16H17NO4. The summed E-state index contributed by atoms with van der Waals surface area (Å²) in [7, 11) is 0. The van der Waals surface area contributed by atoms with Gasteiger partial charge in [-0.05, 0) is 12.5 Å². The summed E-state index contributed by atoms with van der Waals surface area (Å²) in [5.41, 5.74) is 0.539. The van der Waals surface area contributed by atoms with Gasteiger partial charge in [0.05, 0.1) is 6.07 Å². The van der Waals surface area contributed by atoms with Crippen LogP contribution in [0.25, 0.3) is 0 Å². The average Bonchev–Trinajstić information content (AvgIpc) is 2.49. The maximum absolute atomic E-state index is 12.2. The van der Waals surface area contributed by atoms with Crippen molar-refractivity contribution >= 4 is 11.9 Å². The van der Waals surface area contributed by atoms with Crippen LogP contribution in [0, 0.1) is 11.3 Å². The molecule has 1 aromatic carbocycles. The van der Waals surface area contributed by atoms with Crippen LogP contribution in [0.2, 0.25) is 0 Å². The van der Waals surface area contributed by atoms with E-state index in [4.69, 9.17) is 14.7 Å². The second-order valence-electron chi connectivity index (χ2n) is 4.27. The SMILES string of the molecule is CC[C@@H](/C=C/C#N)OC(=O)[C@@H](OC(C)=O)c1ccccc1. The number of allylic oxidation sites excluding steroid dienone is 1. The Hall–Kier alpha value is -2.61. The van der Waals surface area contributed by atoms with Gasteiger partial charge in [-0.1, -0.05) is 37.3 Å². The number of carbonyl (C=O) groups excluding carboxylic acids is 2. The van der Waals surface area contributed by atoms with Gasteiger partial charge in [-0.2, -0.15) is 5.26 Å². The topological polar surface area (TPSA) is 76.4 Å². The van der Waals surface area contributed by atoms with Crippen molar-refractivity contribution in [1.82, 2.24) is 0 Å². The first-order valence-electron chi connectivity index (χ1n) is 6.57. The highest BCUT2D eigenvalue weighted by molar-refractivity contribution is 5.80. The molecule has 5 nitrogen and oxygen atoms in total. The highest BCUT2D eigenvalue weighted by Crippen LogP contribution is 2.20. The molecule has 21 heavy (non-hydrogen) atoms. The predicted octanol–water partition coefficient (Wildman–Crippen LogP) is 2.69. The summed E-state index contributed by atoms with van der Waals surface area (Å²) in [5.74, 6) is -1.23. The Labute approximate surface area is 123 Å². The molecule has 0 bridgehead atoms. The third-order valence-corrected chi connectivity index (χ3v) is 2.66. The first-order chi connectivity index (χ1) is 10.1. The van der Waals surface area contributed by atoms with Gasteiger partial charge in [0.2, 0.25) is 6.10 Å². The first kappa shape index (κ1) is 16.4. The molecular weight excluding hydrogens is 270 g/mol. The molecule has 0 N–H and O–H groups in total. The maximum atomic E-state index is 12.2. The van der Waals surface area contributed by atoms with Gasteiger partial charge in [0.15, 0.2) is 0 Å². The van der Waals surface area contributed by atoms with E-state index in [2.05, 4.69) is 0 Å². The van der Waals surface area contributed by atoms with E-state index in [-0.39, 0.29) is 0 Å². The zero-order chi connectivity index (χ0) is 15.7. The van der Waals surface area contributed by atoms with Crippen LogP contribution >= 0.6 is 0 Å². The first-order valence-corrected chi connectivity index (χ1v) is 6.57. The lowest BCUT2D eigenvalue weighted by atomic mass is 10.1. The van der Waals surface area contributed by atoms with Crippen molar-refractivity contribution in [1.29, 1.82) is 5.26 Å². The van der Waals surface area contributed by atoms with Crippen LogP contribution < -0.4 is 0 Å². The summed E-state index contributed by atoms with van der Waals surface area (Å²) in [5, 5.41) is 8.50. The largest absolute Gasteiger partial charge is 0.455 e. The Balaban J connectivity index is 2.88. The summed E-state index contributed by atoms with van der Waals surface area (Å²) in [6.07, 6.45) is 1.64. The molecule has 1 aromatic rings. The van der Waals surface area contributed by atoms with E-state index in [9.17, 15) is 9.59 Å². The smallest absolute Gasteiger partial charge is 0.352 e. The molecule has 0 aliphatic heterocycles. The van der Waals surface area contributed by atoms with Crippen molar-refractivity contribution in [3.8, 4) is 6.07 Å². The van der Waals surface area contributed by atoms with E-state index >= 15 is 0 Å². The van der Waals surface area contributed by atoms with Gasteiger partial charge in [-0.15, -0.1) is 0 Å². The Morgan fingerprint density at radius 3 is 2.48 bits per heavy atom. The minimum absolute atomic E-state index is 0.519. The lowest BCUT2D eigenvalue weighted by Gasteiger charge is -2.19. The number of nitrogens with zero attached hydrogens (tertiary/aromatic N) is 1. The van der Waals surface area contributed by atoms with Crippen LogP contribution in [0.4, 0.5) is 0 Å². The van der Waals surface area contributed by atoms with E-state index in [0.29, 0.717) is 12.0 Å². The predicted molar refractivity (Wildman–Crippen MR) is 75.9 cm³/mol. The zero-order valence-corrected chi connectivity index (χ0v) is 12.0. The summed E-state index contributed by atoms with van der Waals surface area (Å²) in [6, 6.07) is 10.5. The molecule has 0 aromatic heterocycles. The highest BCUT2D eigenvalue weighted by atomic mass is 16.6. The Bertz CT molecular complexity index is 545. The normalized spacial score (nSPS) is 13.2. The van der Waals surface area contributed by atoms with Crippen molar-refractivity contribution in [2.45, 2.75) is 32.5 Å².